The van der Waals surface area contributed by atoms with Crippen LogP contribution in [0.5, 0.6) is 0 Å². The Bertz CT molecular complexity index is 489. The quantitative estimate of drug-likeness (QED) is 0.594. The number of aromatic nitrogens is 1. The minimum Gasteiger partial charge on any atom is -0.379 e. The van der Waals surface area contributed by atoms with E-state index in [1.165, 1.54) is 0 Å². The average molecular weight is 275 g/mol. The molecule has 20 heavy (non-hydrogen) atoms. The summed E-state index contributed by atoms with van der Waals surface area (Å²) in [5.41, 5.74) is 6.42. The highest BCUT2D eigenvalue weighted by atomic mass is 16.5. The number of rotatable bonds is 6. The van der Waals surface area contributed by atoms with E-state index in [-0.39, 0.29) is 12.5 Å². The van der Waals surface area contributed by atoms with Crippen molar-refractivity contribution in [3.05, 3.63) is 29.6 Å². The molecule has 0 atom stereocenters. The van der Waals surface area contributed by atoms with E-state index in [0.717, 1.165) is 0 Å². The van der Waals surface area contributed by atoms with Gasteiger partial charge in [-0.2, -0.15) is 0 Å². The molecule has 1 rings (SSSR count). The zero-order chi connectivity index (χ0) is 14.8. The molecule has 0 radical (unpaired) electrons. The number of nitrogens with one attached hydrogen (secondary N) is 1. The normalized spacial score (nSPS) is 10.0. The van der Waals surface area contributed by atoms with Gasteiger partial charge >= 0.3 is 0 Å². The first-order valence-electron chi connectivity index (χ1n) is 6.64. The molecule has 0 unspecified atom stereocenters. The monoisotopic (exact) mass is 275 g/mol. The molecule has 5 heteroatoms. The first kappa shape index (κ1) is 16.2. The minimum absolute atomic E-state index is 0.179. The Hall–Kier alpha value is -1.90. The van der Waals surface area contributed by atoms with Crippen molar-refractivity contribution in [3.63, 3.8) is 0 Å². The Morgan fingerprint density at radius 1 is 1.55 bits per heavy atom. The lowest BCUT2D eigenvalue weighted by Crippen LogP contribution is -2.28. The number of nitrogens with two attached hydrogens (primary N) is 1. The predicted octanol–water partition coefficient (Wildman–Crippen LogP) is 0.794. The molecule has 1 amide bonds. The molecule has 1 aromatic heterocycles. The van der Waals surface area contributed by atoms with Gasteiger partial charge < -0.3 is 15.8 Å². The standard InChI is InChI=1S/C15H21N3O2/c1-12(2)11-20-9-8-18-15(19)14-5-7-17-10-13(14)4-3-6-16/h5,7,10,12H,6,8-9,11,16H2,1-2H3,(H,18,19). The molecule has 0 saturated heterocycles. The third-order valence-electron chi connectivity index (χ3n) is 2.37. The molecule has 0 fully saturated rings. The van der Waals surface area contributed by atoms with Gasteiger partial charge in [0.15, 0.2) is 0 Å². The highest BCUT2D eigenvalue weighted by Crippen LogP contribution is 2.05. The molecule has 0 saturated carbocycles. The summed E-state index contributed by atoms with van der Waals surface area (Å²) >= 11 is 0. The van der Waals surface area contributed by atoms with Gasteiger partial charge in [-0.05, 0) is 12.0 Å². The van der Waals surface area contributed by atoms with Crippen LogP contribution >= 0.6 is 0 Å². The van der Waals surface area contributed by atoms with Gasteiger partial charge in [-0.15, -0.1) is 0 Å². The van der Waals surface area contributed by atoms with Crippen LogP contribution in [0.1, 0.15) is 29.8 Å². The van der Waals surface area contributed by atoms with Gasteiger partial charge in [-0.1, -0.05) is 25.7 Å². The first-order chi connectivity index (χ1) is 9.65. The lowest BCUT2D eigenvalue weighted by Gasteiger charge is -2.08. The van der Waals surface area contributed by atoms with E-state index in [1.54, 1.807) is 18.5 Å². The first-order valence-corrected chi connectivity index (χ1v) is 6.64. The summed E-state index contributed by atoms with van der Waals surface area (Å²) in [7, 11) is 0. The summed E-state index contributed by atoms with van der Waals surface area (Å²) in [4.78, 5) is 16.0. The van der Waals surface area contributed by atoms with E-state index in [1.807, 2.05) is 0 Å². The van der Waals surface area contributed by atoms with Crippen molar-refractivity contribution >= 4 is 5.91 Å². The number of hydrogen-bond acceptors (Lipinski definition) is 4. The summed E-state index contributed by atoms with van der Waals surface area (Å²) in [6.45, 7) is 6.07. The van der Waals surface area contributed by atoms with Crippen molar-refractivity contribution in [3.8, 4) is 11.8 Å². The molecule has 0 aliphatic rings. The average Bonchev–Trinajstić information content (AvgIpc) is 2.44. The van der Waals surface area contributed by atoms with E-state index in [9.17, 15) is 4.79 Å². The number of ether oxygens (including phenoxy) is 1. The van der Waals surface area contributed by atoms with Crippen molar-refractivity contribution in [2.45, 2.75) is 13.8 Å². The number of pyridine rings is 1. The lowest BCUT2D eigenvalue weighted by atomic mass is 10.1. The molecule has 1 heterocycles. The maximum absolute atomic E-state index is 12.0. The van der Waals surface area contributed by atoms with Crippen LogP contribution < -0.4 is 11.1 Å². The summed E-state index contributed by atoms with van der Waals surface area (Å²) < 4.78 is 5.40. The second kappa shape index (κ2) is 9.08. The van der Waals surface area contributed by atoms with Crippen LogP contribution in [-0.4, -0.2) is 37.2 Å². The van der Waals surface area contributed by atoms with Gasteiger partial charge in [0, 0.05) is 25.5 Å². The van der Waals surface area contributed by atoms with Gasteiger partial charge in [-0.3, -0.25) is 9.78 Å². The van der Waals surface area contributed by atoms with Gasteiger partial charge in [-0.25, -0.2) is 0 Å². The number of hydrogen-bond donors (Lipinski definition) is 2. The van der Waals surface area contributed by atoms with E-state index >= 15 is 0 Å². The molecule has 3 N–H and O–H groups in total. The van der Waals surface area contributed by atoms with Crippen LogP contribution in [0.2, 0.25) is 0 Å². The largest absolute Gasteiger partial charge is 0.379 e. The van der Waals surface area contributed by atoms with Crippen molar-refractivity contribution in [2.24, 2.45) is 11.7 Å². The third kappa shape index (κ3) is 5.83. The van der Waals surface area contributed by atoms with Crippen molar-refractivity contribution in [2.75, 3.05) is 26.3 Å². The van der Waals surface area contributed by atoms with Crippen LogP contribution in [-0.2, 0) is 4.74 Å². The molecule has 1 aromatic rings. The van der Waals surface area contributed by atoms with Gasteiger partial charge in [0.05, 0.1) is 24.3 Å². The van der Waals surface area contributed by atoms with E-state index in [2.05, 4.69) is 36.0 Å². The second-order valence-corrected chi connectivity index (χ2v) is 4.65. The van der Waals surface area contributed by atoms with Gasteiger partial charge in [0.25, 0.3) is 5.91 Å². The summed E-state index contributed by atoms with van der Waals surface area (Å²) in [5, 5.41) is 2.80. The van der Waals surface area contributed by atoms with E-state index in [0.29, 0.717) is 36.8 Å². The topological polar surface area (TPSA) is 77.2 Å². The van der Waals surface area contributed by atoms with Crippen LogP contribution in [0, 0.1) is 17.8 Å². The minimum atomic E-state index is -0.179. The number of amides is 1. The maximum atomic E-state index is 12.0. The van der Waals surface area contributed by atoms with Gasteiger partial charge in [0.1, 0.15) is 0 Å². The highest BCUT2D eigenvalue weighted by molar-refractivity contribution is 5.96. The lowest BCUT2D eigenvalue weighted by molar-refractivity contribution is 0.0886. The summed E-state index contributed by atoms with van der Waals surface area (Å²) in [6.07, 6.45) is 3.13. The van der Waals surface area contributed by atoms with Crippen LogP contribution in [0.25, 0.3) is 0 Å². The van der Waals surface area contributed by atoms with Crippen molar-refractivity contribution in [1.82, 2.24) is 10.3 Å². The predicted molar refractivity (Wildman–Crippen MR) is 78.2 cm³/mol. The van der Waals surface area contributed by atoms with E-state index in [4.69, 9.17) is 10.5 Å². The number of nitrogens with zero attached hydrogens (tertiary/aromatic N) is 1. The smallest absolute Gasteiger partial charge is 0.252 e. The molecule has 108 valence electrons. The van der Waals surface area contributed by atoms with E-state index < -0.39 is 0 Å². The molecule has 0 aliphatic heterocycles. The van der Waals surface area contributed by atoms with Gasteiger partial charge in [0.2, 0.25) is 0 Å². The van der Waals surface area contributed by atoms with Crippen LogP contribution in [0.3, 0.4) is 0 Å². The fraction of sp³-hybridized carbons (Fsp3) is 0.467. The Morgan fingerprint density at radius 3 is 3.05 bits per heavy atom. The molecular formula is C15H21N3O2. The fourth-order valence-corrected chi connectivity index (χ4v) is 1.49. The van der Waals surface area contributed by atoms with Crippen molar-refractivity contribution < 1.29 is 9.53 Å². The zero-order valence-corrected chi connectivity index (χ0v) is 12.0. The Morgan fingerprint density at radius 2 is 2.35 bits per heavy atom. The van der Waals surface area contributed by atoms with Crippen LogP contribution in [0.15, 0.2) is 18.5 Å². The number of carbonyl (C=O) groups is 1. The SMILES string of the molecule is CC(C)COCCNC(=O)c1ccncc1C#CCN. The maximum Gasteiger partial charge on any atom is 0.252 e. The Balaban J connectivity index is 2.51. The molecule has 0 bridgehead atoms. The molecule has 0 aliphatic carbocycles. The second-order valence-electron chi connectivity index (χ2n) is 4.65. The highest BCUT2D eigenvalue weighted by Gasteiger charge is 2.09. The fourth-order valence-electron chi connectivity index (χ4n) is 1.49. The summed E-state index contributed by atoms with van der Waals surface area (Å²) in [6, 6.07) is 1.64. The number of carbonyl (C=O) groups excluding carboxylic acids is 1. The van der Waals surface area contributed by atoms with Crippen molar-refractivity contribution in [1.29, 1.82) is 0 Å². The third-order valence-corrected chi connectivity index (χ3v) is 2.37. The molecule has 0 aromatic carbocycles. The summed E-state index contributed by atoms with van der Waals surface area (Å²) in [5.74, 6) is 5.87. The van der Waals surface area contributed by atoms with Crippen LogP contribution in [0.4, 0.5) is 0 Å². The molecular weight excluding hydrogens is 254 g/mol. The Labute approximate surface area is 119 Å². The molecule has 5 nitrogen and oxygen atoms in total. The molecule has 0 spiro atoms. The Kier molecular flexibility index (Phi) is 7.33. The zero-order valence-electron chi connectivity index (χ0n) is 12.0.